The van der Waals surface area contributed by atoms with Crippen LogP contribution in [-0.2, 0) is 6.42 Å². The number of phenols is 1. The van der Waals surface area contributed by atoms with Gasteiger partial charge in [-0.15, -0.1) is 0 Å². The SMILES string of the molecule is CNC(CCCc1ccc(O)cc1)C1CC1. The molecule has 0 saturated heterocycles. The highest BCUT2D eigenvalue weighted by molar-refractivity contribution is 5.25. The summed E-state index contributed by atoms with van der Waals surface area (Å²) < 4.78 is 0. The van der Waals surface area contributed by atoms with Crippen LogP contribution in [0.15, 0.2) is 24.3 Å². The zero-order chi connectivity index (χ0) is 11.4. The Kier molecular flexibility index (Phi) is 3.83. The Morgan fingerprint density at radius 1 is 1.31 bits per heavy atom. The molecular formula is C14H21NO. The van der Waals surface area contributed by atoms with E-state index >= 15 is 0 Å². The van der Waals surface area contributed by atoms with Crippen molar-refractivity contribution in [2.24, 2.45) is 5.92 Å². The molecule has 0 bridgehead atoms. The van der Waals surface area contributed by atoms with Crippen LogP contribution >= 0.6 is 0 Å². The van der Waals surface area contributed by atoms with E-state index < -0.39 is 0 Å². The number of rotatable bonds is 6. The van der Waals surface area contributed by atoms with Gasteiger partial charge in [0, 0.05) is 6.04 Å². The van der Waals surface area contributed by atoms with Crippen LogP contribution in [0.3, 0.4) is 0 Å². The lowest BCUT2D eigenvalue weighted by Crippen LogP contribution is -2.27. The summed E-state index contributed by atoms with van der Waals surface area (Å²) in [5.41, 5.74) is 1.32. The van der Waals surface area contributed by atoms with Crippen LogP contribution in [0.2, 0.25) is 0 Å². The van der Waals surface area contributed by atoms with E-state index in [0.717, 1.165) is 18.4 Å². The van der Waals surface area contributed by atoms with Gasteiger partial charge < -0.3 is 10.4 Å². The smallest absolute Gasteiger partial charge is 0.115 e. The van der Waals surface area contributed by atoms with Crippen LogP contribution in [0.5, 0.6) is 5.75 Å². The minimum atomic E-state index is 0.356. The maximum Gasteiger partial charge on any atom is 0.115 e. The molecule has 1 aromatic carbocycles. The number of aromatic hydroxyl groups is 1. The summed E-state index contributed by atoms with van der Waals surface area (Å²) in [5, 5.41) is 12.6. The second kappa shape index (κ2) is 5.35. The predicted molar refractivity (Wildman–Crippen MR) is 66.6 cm³/mol. The van der Waals surface area contributed by atoms with Gasteiger partial charge >= 0.3 is 0 Å². The highest BCUT2D eigenvalue weighted by Crippen LogP contribution is 2.34. The zero-order valence-corrected chi connectivity index (χ0v) is 9.95. The molecular weight excluding hydrogens is 198 g/mol. The van der Waals surface area contributed by atoms with Gasteiger partial charge in [0.2, 0.25) is 0 Å². The van der Waals surface area contributed by atoms with E-state index in [9.17, 15) is 5.11 Å². The van der Waals surface area contributed by atoms with Crippen LogP contribution in [0.1, 0.15) is 31.2 Å². The molecule has 1 saturated carbocycles. The Hall–Kier alpha value is -1.02. The van der Waals surface area contributed by atoms with E-state index in [1.54, 1.807) is 12.1 Å². The lowest BCUT2D eigenvalue weighted by atomic mass is 10.0. The molecule has 1 unspecified atom stereocenters. The van der Waals surface area contributed by atoms with Crippen LogP contribution in [0.4, 0.5) is 0 Å². The third-order valence-electron chi connectivity index (χ3n) is 3.48. The van der Waals surface area contributed by atoms with Crippen molar-refractivity contribution in [2.45, 2.75) is 38.1 Å². The molecule has 1 aromatic rings. The molecule has 1 fully saturated rings. The molecule has 1 aliphatic carbocycles. The van der Waals surface area contributed by atoms with Crippen molar-refractivity contribution in [3.8, 4) is 5.75 Å². The first kappa shape index (κ1) is 11.5. The summed E-state index contributed by atoms with van der Waals surface area (Å²) in [5.74, 6) is 1.29. The number of nitrogens with one attached hydrogen (secondary N) is 1. The summed E-state index contributed by atoms with van der Waals surface area (Å²) in [6, 6.07) is 8.29. The lowest BCUT2D eigenvalue weighted by molar-refractivity contribution is 0.456. The Morgan fingerprint density at radius 2 is 2.00 bits per heavy atom. The minimum Gasteiger partial charge on any atom is -0.508 e. The predicted octanol–water partition coefficient (Wildman–Crippen LogP) is 2.71. The molecule has 0 aliphatic heterocycles. The van der Waals surface area contributed by atoms with Gasteiger partial charge in [-0.3, -0.25) is 0 Å². The fourth-order valence-electron chi connectivity index (χ4n) is 2.30. The first-order chi connectivity index (χ1) is 7.79. The molecule has 2 heteroatoms. The lowest BCUT2D eigenvalue weighted by Gasteiger charge is -2.14. The van der Waals surface area contributed by atoms with Crippen molar-refractivity contribution >= 4 is 0 Å². The van der Waals surface area contributed by atoms with E-state index in [4.69, 9.17) is 0 Å². The molecule has 16 heavy (non-hydrogen) atoms. The Labute approximate surface area is 97.7 Å². The van der Waals surface area contributed by atoms with Gasteiger partial charge in [-0.2, -0.15) is 0 Å². The first-order valence-electron chi connectivity index (χ1n) is 6.25. The zero-order valence-electron chi connectivity index (χ0n) is 9.95. The van der Waals surface area contributed by atoms with Crippen molar-refractivity contribution in [3.05, 3.63) is 29.8 Å². The van der Waals surface area contributed by atoms with Crippen LogP contribution in [-0.4, -0.2) is 18.2 Å². The van der Waals surface area contributed by atoms with E-state index in [2.05, 4.69) is 12.4 Å². The normalized spacial score (nSPS) is 17.3. The summed E-state index contributed by atoms with van der Waals surface area (Å²) in [7, 11) is 2.07. The molecule has 2 N–H and O–H groups in total. The largest absolute Gasteiger partial charge is 0.508 e. The fraction of sp³-hybridized carbons (Fsp3) is 0.571. The molecule has 88 valence electrons. The topological polar surface area (TPSA) is 32.3 Å². The van der Waals surface area contributed by atoms with Gasteiger partial charge in [0.25, 0.3) is 0 Å². The monoisotopic (exact) mass is 219 g/mol. The van der Waals surface area contributed by atoms with E-state index in [0.29, 0.717) is 5.75 Å². The van der Waals surface area contributed by atoms with Gasteiger partial charge in [0.05, 0.1) is 0 Å². The molecule has 0 radical (unpaired) electrons. The highest BCUT2D eigenvalue weighted by atomic mass is 16.3. The number of phenolic OH excluding ortho intramolecular Hbond substituents is 1. The summed E-state index contributed by atoms with van der Waals surface area (Å²) >= 11 is 0. The second-order valence-electron chi connectivity index (χ2n) is 4.79. The third-order valence-corrected chi connectivity index (χ3v) is 3.48. The molecule has 0 aromatic heterocycles. The number of hydrogen-bond donors (Lipinski definition) is 2. The molecule has 1 aliphatic rings. The number of hydrogen-bond acceptors (Lipinski definition) is 2. The van der Waals surface area contributed by atoms with Gasteiger partial charge in [-0.25, -0.2) is 0 Å². The summed E-state index contributed by atoms with van der Waals surface area (Å²) in [4.78, 5) is 0. The van der Waals surface area contributed by atoms with Crippen LogP contribution in [0, 0.1) is 5.92 Å². The highest BCUT2D eigenvalue weighted by Gasteiger charge is 2.29. The molecule has 2 rings (SSSR count). The summed E-state index contributed by atoms with van der Waals surface area (Å²) in [6.07, 6.45) is 6.43. The molecule has 0 amide bonds. The van der Waals surface area contributed by atoms with Gasteiger partial charge in [-0.1, -0.05) is 12.1 Å². The van der Waals surface area contributed by atoms with E-state index in [-0.39, 0.29) is 0 Å². The van der Waals surface area contributed by atoms with Gasteiger partial charge in [-0.05, 0) is 62.8 Å². The van der Waals surface area contributed by atoms with Crippen molar-refractivity contribution in [3.63, 3.8) is 0 Å². The standard InChI is InChI=1S/C14H21NO/c1-15-14(12-7-8-12)4-2-3-11-5-9-13(16)10-6-11/h5-6,9-10,12,14-16H,2-4,7-8H2,1H3. The van der Waals surface area contributed by atoms with Crippen molar-refractivity contribution in [1.29, 1.82) is 0 Å². The second-order valence-corrected chi connectivity index (χ2v) is 4.79. The van der Waals surface area contributed by atoms with Crippen LogP contribution in [0.25, 0.3) is 0 Å². The third kappa shape index (κ3) is 3.24. The first-order valence-corrected chi connectivity index (χ1v) is 6.25. The molecule has 1 atom stereocenters. The Morgan fingerprint density at radius 3 is 2.56 bits per heavy atom. The van der Waals surface area contributed by atoms with E-state index in [1.165, 1.54) is 31.2 Å². The quantitative estimate of drug-likeness (QED) is 0.771. The maximum absolute atomic E-state index is 9.18. The molecule has 2 nitrogen and oxygen atoms in total. The van der Waals surface area contributed by atoms with Crippen molar-refractivity contribution in [2.75, 3.05) is 7.05 Å². The molecule has 0 heterocycles. The Bertz CT molecular complexity index is 316. The number of aryl methyl sites for hydroxylation is 1. The van der Waals surface area contributed by atoms with Crippen LogP contribution < -0.4 is 5.32 Å². The molecule has 0 spiro atoms. The maximum atomic E-state index is 9.18. The van der Waals surface area contributed by atoms with Gasteiger partial charge in [0.15, 0.2) is 0 Å². The van der Waals surface area contributed by atoms with Crippen molar-refractivity contribution in [1.82, 2.24) is 5.32 Å². The summed E-state index contributed by atoms with van der Waals surface area (Å²) in [6.45, 7) is 0. The average molecular weight is 219 g/mol. The Balaban J connectivity index is 1.72. The number of benzene rings is 1. The fourth-order valence-corrected chi connectivity index (χ4v) is 2.30. The van der Waals surface area contributed by atoms with E-state index in [1.807, 2.05) is 12.1 Å². The minimum absolute atomic E-state index is 0.356. The average Bonchev–Trinajstić information content (AvgIpc) is 3.11. The van der Waals surface area contributed by atoms with Gasteiger partial charge in [0.1, 0.15) is 5.75 Å². The van der Waals surface area contributed by atoms with Crippen molar-refractivity contribution < 1.29 is 5.11 Å².